The van der Waals surface area contributed by atoms with Gasteiger partial charge in [0.1, 0.15) is 6.29 Å². The van der Waals surface area contributed by atoms with Crippen molar-refractivity contribution in [2.75, 3.05) is 24.6 Å². The molecule has 4 nitrogen and oxygen atoms in total. The van der Waals surface area contributed by atoms with E-state index in [0.29, 0.717) is 6.04 Å². The van der Waals surface area contributed by atoms with Gasteiger partial charge >= 0.3 is 0 Å². The fourth-order valence-corrected chi connectivity index (χ4v) is 3.82. The maximum absolute atomic E-state index is 10.7. The van der Waals surface area contributed by atoms with E-state index in [1.165, 1.54) is 24.9 Å². The molecule has 1 saturated carbocycles. The minimum Gasteiger partial charge on any atom is -0.373 e. The van der Waals surface area contributed by atoms with Crippen molar-refractivity contribution in [2.45, 2.75) is 49.8 Å². The summed E-state index contributed by atoms with van der Waals surface area (Å²) in [4.78, 5) is 13.1. The van der Waals surface area contributed by atoms with E-state index in [-0.39, 0.29) is 5.60 Å². The number of carbonyl (C=O) groups is 1. The quantitative estimate of drug-likeness (QED) is 0.867. The van der Waals surface area contributed by atoms with Crippen LogP contribution in [0.25, 0.3) is 0 Å². The molecule has 0 aromatic heterocycles. The Morgan fingerprint density at radius 3 is 2.50 bits per heavy atom. The molecule has 1 atom stereocenters. The van der Waals surface area contributed by atoms with Crippen LogP contribution in [0.2, 0.25) is 0 Å². The van der Waals surface area contributed by atoms with Gasteiger partial charge < -0.3 is 15.0 Å². The Bertz CT molecular complexity index is 531. The maximum atomic E-state index is 10.7. The van der Waals surface area contributed by atoms with Gasteiger partial charge in [-0.15, -0.1) is 0 Å². The lowest BCUT2D eigenvalue weighted by molar-refractivity contribution is -0.0150. The SMILES string of the molecule is O=Cc1ccc(N2CCC3(CC2)CC(NC2CC2)CO3)cc1. The van der Waals surface area contributed by atoms with Gasteiger partial charge in [0.05, 0.1) is 12.2 Å². The Labute approximate surface area is 131 Å². The number of rotatable bonds is 4. The van der Waals surface area contributed by atoms with Gasteiger partial charge in [-0.3, -0.25) is 4.79 Å². The van der Waals surface area contributed by atoms with Gasteiger partial charge in [0.2, 0.25) is 0 Å². The molecular formula is C18H24N2O2. The van der Waals surface area contributed by atoms with E-state index in [9.17, 15) is 4.79 Å². The number of piperidine rings is 1. The number of ether oxygens (including phenoxy) is 1. The first-order valence-corrected chi connectivity index (χ1v) is 8.47. The molecule has 22 heavy (non-hydrogen) atoms. The summed E-state index contributed by atoms with van der Waals surface area (Å²) in [6.07, 6.45) is 6.95. The van der Waals surface area contributed by atoms with E-state index in [1.807, 2.05) is 12.1 Å². The Kier molecular flexibility index (Phi) is 3.66. The van der Waals surface area contributed by atoms with E-state index < -0.39 is 0 Å². The summed E-state index contributed by atoms with van der Waals surface area (Å²) >= 11 is 0. The zero-order chi connectivity index (χ0) is 15.0. The molecule has 2 heterocycles. The average Bonchev–Trinajstić information content (AvgIpc) is 3.30. The molecule has 2 saturated heterocycles. The average molecular weight is 300 g/mol. The minimum absolute atomic E-state index is 0.103. The van der Waals surface area contributed by atoms with Gasteiger partial charge in [0, 0.05) is 36.4 Å². The number of nitrogens with one attached hydrogen (secondary N) is 1. The molecule has 0 bridgehead atoms. The van der Waals surface area contributed by atoms with Crippen molar-refractivity contribution in [2.24, 2.45) is 0 Å². The van der Waals surface area contributed by atoms with Crippen LogP contribution in [0, 0.1) is 0 Å². The van der Waals surface area contributed by atoms with Gasteiger partial charge in [-0.1, -0.05) is 0 Å². The predicted octanol–water partition coefficient (Wildman–Crippen LogP) is 2.38. The lowest BCUT2D eigenvalue weighted by Crippen LogP contribution is -2.45. The molecule has 3 aliphatic rings. The van der Waals surface area contributed by atoms with Crippen LogP contribution >= 0.6 is 0 Å². The maximum Gasteiger partial charge on any atom is 0.150 e. The van der Waals surface area contributed by atoms with Crippen LogP contribution < -0.4 is 10.2 Å². The summed E-state index contributed by atoms with van der Waals surface area (Å²) in [5, 5.41) is 3.71. The molecule has 1 spiro atoms. The smallest absolute Gasteiger partial charge is 0.150 e. The van der Waals surface area contributed by atoms with E-state index in [2.05, 4.69) is 22.3 Å². The second kappa shape index (κ2) is 5.67. The lowest BCUT2D eigenvalue weighted by Gasteiger charge is -2.39. The highest BCUT2D eigenvalue weighted by molar-refractivity contribution is 5.75. The molecule has 1 aliphatic carbocycles. The molecule has 4 rings (SSSR count). The minimum atomic E-state index is 0.103. The first-order chi connectivity index (χ1) is 10.8. The Hall–Kier alpha value is -1.39. The Morgan fingerprint density at radius 2 is 1.86 bits per heavy atom. The normalized spacial score (nSPS) is 27.3. The molecular weight excluding hydrogens is 276 g/mol. The summed E-state index contributed by atoms with van der Waals surface area (Å²) in [6.45, 7) is 2.96. The van der Waals surface area contributed by atoms with E-state index in [0.717, 1.165) is 50.4 Å². The molecule has 118 valence electrons. The molecule has 0 radical (unpaired) electrons. The third-order valence-electron chi connectivity index (χ3n) is 5.33. The van der Waals surface area contributed by atoms with Gasteiger partial charge in [-0.05, 0) is 56.4 Å². The fraction of sp³-hybridized carbons (Fsp3) is 0.611. The summed E-state index contributed by atoms with van der Waals surface area (Å²) < 4.78 is 6.21. The first-order valence-electron chi connectivity index (χ1n) is 8.47. The number of carbonyl (C=O) groups excluding carboxylic acids is 1. The molecule has 1 aromatic carbocycles. The zero-order valence-electron chi connectivity index (χ0n) is 13.0. The van der Waals surface area contributed by atoms with Crippen molar-refractivity contribution < 1.29 is 9.53 Å². The molecule has 2 aliphatic heterocycles. The van der Waals surface area contributed by atoms with Gasteiger partial charge in [-0.25, -0.2) is 0 Å². The fourth-order valence-electron chi connectivity index (χ4n) is 3.82. The molecule has 4 heteroatoms. The van der Waals surface area contributed by atoms with Gasteiger partial charge in [0.15, 0.2) is 0 Å². The number of benzene rings is 1. The molecule has 1 N–H and O–H groups in total. The van der Waals surface area contributed by atoms with Crippen LogP contribution in [0.15, 0.2) is 24.3 Å². The predicted molar refractivity (Wildman–Crippen MR) is 86.5 cm³/mol. The molecule has 0 amide bonds. The number of hydrogen-bond acceptors (Lipinski definition) is 4. The third kappa shape index (κ3) is 2.90. The zero-order valence-corrected chi connectivity index (χ0v) is 13.0. The van der Waals surface area contributed by atoms with Crippen LogP contribution in [-0.2, 0) is 4.74 Å². The Balaban J connectivity index is 1.34. The van der Waals surface area contributed by atoms with Crippen LogP contribution in [0.5, 0.6) is 0 Å². The standard InChI is InChI=1S/C18H24N2O2/c21-12-14-1-5-17(6-2-14)20-9-7-18(8-10-20)11-16(13-22-18)19-15-3-4-15/h1-2,5-6,12,15-16,19H,3-4,7-11,13H2. The summed E-state index contributed by atoms with van der Waals surface area (Å²) in [7, 11) is 0. The Morgan fingerprint density at radius 1 is 1.14 bits per heavy atom. The summed E-state index contributed by atoms with van der Waals surface area (Å²) in [5.41, 5.74) is 2.06. The topological polar surface area (TPSA) is 41.6 Å². The highest BCUT2D eigenvalue weighted by atomic mass is 16.5. The molecule has 3 fully saturated rings. The second-order valence-electron chi connectivity index (χ2n) is 7.03. The van der Waals surface area contributed by atoms with Crippen molar-refractivity contribution in [1.82, 2.24) is 5.32 Å². The van der Waals surface area contributed by atoms with E-state index in [1.54, 1.807) is 0 Å². The highest BCUT2D eigenvalue weighted by Crippen LogP contribution is 2.38. The summed E-state index contributed by atoms with van der Waals surface area (Å²) in [6, 6.07) is 9.22. The van der Waals surface area contributed by atoms with E-state index in [4.69, 9.17) is 4.74 Å². The van der Waals surface area contributed by atoms with Crippen molar-refractivity contribution >= 4 is 12.0 Å². The van der Waals surface area contributed by atoms with Crippen LogP contribution in [0.1, 0.15) is 42.5 Å². The number of hydrogen-bond donors (Lipinski definition) is 1. The van der Waals surface area contributed by atoms with Crippen LogP contribution in [0.3, 0.4) is 0 Å². The van der Waals surface area contributed by atoms with Crippen molar-refractivity contribution in [1.29, 1.82) is 0 Å². The molecule has 1 unspecified atom stereocenters. The van der Waals surface area contributed by atoms with Crippen LogP contribution in [-0.4, -0.2) is 43.7 Å². The number of anilines is 1. The highest BCUT2D eigenvalue weighted by Gasteiger charge is 2.43. The first kappa shape index (κ1) is 14.2. The van der Waals surface area contributed by atoms with Crippen molar-refractivity contribution in [3.63, 3.8) is 0 Å². The lowest BCUT2D eigenvalue weighted by atomic mass is 9.87. The van der Waals surface area contributed by atoms with Gasteiger partial charge in [-0.2, -0.15) is 0 Å². The molecule has 1 aromatic rings. The van der Waals surface area contributed by atoms with E-state index >= 15 is 0 Å². The second-order valence-corrected chi connectivity index (χ2v) is 7.03. The monoisotopic (exact) mass is 300 g/mol. The number of aldehydes is 1. The van der Waals surface area contributed by atoms with Crippen LogP contribution in [0.4, 0.5) is 5.69 Å². The van der Waals surface area contributed by atoms with Crippen molar-refractivity contribution in [3.05, 3.63) is 29.8 Å². The summed E-state index contributed by atoms with van der Waals surface area (Å²) in [5.74, 6) is 0. The van der Waals surface area contributed by atoms with Crippen molar-refractivity contribution in [3.8, 4) is 0 Å². The third-order valence-corrected chi connectivity index (χ3v) is 5.33. The number of nitrogens with zero attached hydrogens (tertiary/aromatic N) is 1. The van der Waals surface area contributed by atoms with Gasteiger partial charge in [0.25, 0.3) is 0 Å². The largest absolute Gasteiger partial charge is 0.373 e.